The van der Waals surface area contributed by atoms with Crippen LogP contribution in [0.25, 0.3) is 0 Å². The molecule has 0 amide bonds. The highest BCUT2D eigenvalue weighted by Crippen LogP contribution is 2.10. The van der Waals surface area contributed by atoms with Gasteiger partial charge >= 0.3 is 5.56 Å². The minimum atomic E-state index is -0.988. The van der Waals surface area contributed by atoms with Gasteiger partial charge in [0.1, 0.15) is 5.69 Å². The molecule has 1 heterocycles. The molecule has 5 heteroatoms. The van der Waals surface area contributed by atoms with Crippen molar-refractivity contribution in [2.45, 2.75) is 46.1 Å². The van der Waals surface area contributed by atoms with Crippen LogP contribution in [0.2, 0.25) is 0 Å². The summed E-state index contributed by atoms with van der Waals surface area (Å²) in [5.74, 6) is 0.301. The summed E-state index contributed by atoms with van der Waals surface area (Å²) in [7, 11) is 0. The first-order valence-electron chi connectivity index (χ1n) is 5.72. The number of nitrogens with zero attached hydrogens (tertiary/aromatic N) is 2. The minimum absolute atomic E-state index is 0.174. The molecule has 5 nitrogen and oxygen atoms in total. The lowest BCUT2D eigenvalue weighted by molar-refractivity contribution is 0.0683. The first kappa shape index (κ1) is 13.7. The number of hydrogen-bond donors (Lipinski definition) is 2. The van der Waals surface area contributed by atoms with Crippen molar-refractivity contribution in [2.75, 3.05) is 0 Å². The van der Waals surface area contributed by atoms with E-state index in [4.69, 9.17) is 0 Å². The minimum Gasteiger partial charge on any atom is -0.425 e. The molecule has 17 heavy (non-hydrogen) atoms. The van der Waals surface area contributed by atoms with Gasteiger partial charge in [-0.05, 0) is 26.2 Å². The first-order chi connectivity index (χ1) is 7.70. The number of aliphatic hydroxyl groups is 1. The van der Waals surface area contributed by atoms with Gasteiger partial charge in [-0.2, -0.15) is 0 Å². The quantitative estimate of drug-likeness (QED) is 0.770. The summed E-state index contributed by atoms with van der Waals surface area (Å²) in [5, 5.41) is 19.4. The Morgan fingerprint density at radius 1 is 1.47 bits per heavy atom. The molecule has 0 spiro atoms. The van der Waals surface area contributed by atoms with Crippen molar-refractivity contribution in [1.29, 1.82) is 0 Å². The van der Waals surface area contributed by atoms with Crippen LogP contribution in [0.15, 0.2) is 11.0 Å². The second kappa shape index (κ2) is 4.87. The van der Waals surface area contributed by atoms with Crippen LogP contribution in [0.4, 0.5) is 0 Å². The zero-order valence-electron chi connectivity index (χ0n) is 10.8. The van der Waals surface area contributed by atoms with E-state index in [0.29, 0.717) is 28.5 Å². The lowest BCUT2D eigenvalue weighted by Gasteiger charge is -2.18. The molecule has 0 saturated heterocycles. The van der Waals surface area contributed by atoms with Crippen LogP contribution in [0.3, 0.4) is 0 Å². The average molecular weight is 240 g/mol. The van der Waals surface area contributed by atoms with Crippen LogP contribution in [-0.2, 0) is 12.8 Å². The van der Waals surface area contributed by atoms with E-state index >= 15 is 0 Å². The maximum atomic E-state index is 11.8. The topological polar surface area (TPSA) is 75.3 Å². The summed E-state index contributed by atoms with van der Waals surface area (Å²) in [4.78, 5) is 15.8. The van der Waals surface area contributed by atoms with Gasteiger partial charge in [-0.15, -0.1) is 4.73 Å². The summed E-state index contributed by atoms with van der Waals surface area (Å²) in [6, 6.07) is 0. The van der Waals surface area contributed by atoms with E-state index in [1.807, 2.05) is 13.8 Å². The Labute approximate surface area is 101 Å². The van der Waals surface area contributed by atoms with E-state index in [1.54, 1.807) is 13.8 Å². The summed E-state index contributed by atoms with van der Waals surface area (Å²) < 4.78 is 0.586. The van der Waals surface area contributed by atoms with Crippen molar-refractivity contribution in [3.05, 3.63) is 27.9 Å². The summed E-state index contributed by atoms with van der Waals surface area (Å²) >= 11 is 0. The summed E-state index contributed by atoms with van der Waals surface area (Å²) in [5.41, 5.74) is -0.824. The fourth-order valence-electron chi connectivity index (χ4n) is 1.61. The number of hydrogen-bond acceptors (Lipinski definition) is 4. The molecule has 0 aliphatic heterocycles. The second-order valence-corrected chi connectivity index (χ2v) is 5.40. The van der Waals surface area contributed by atoms with E-state index in [-0.39, 0.29) is 6.42 Å². The van der Waals surface area contributed by atoms with Crippen LogP contribution < -0.4 is 5.56 Å². The van der Waals surface area contributed by atoms with Crippen LogP contribution in [0, 0.1) is 5.92 Å². The monoisotopic (exact) mass is 240 g/mol. The van der Waals surface area contributed by atoms with E-state index in [9.17, 15) is 15.1 Å². The van der Waals surface area contributed by atoms with Crippen molar-refractivity contribution in [2.24, 2.45) is 5.92 Å². The Hall–Kier alpha value is -1.36. The fourth-order valence-corrected chi connectivity index (χ4v) is 1.61. The summed E-state index contributed by atoms with van der Waals surface area (Å²) in [6.45, 7) is 7.18. The van der Waals surface area contributed by atoms with Gasteiger partial charge in [-0.25, -0.2) is 0 Å². The molecule has 1 aromatic rings. The zero-order valence-corrected chi connectivity index (χ0v) is 10.8. The highest BCUT2D eigenvalue weighted by Gasteiger charge is 2.18. The van der Waals surface area contributed by atoms with Crippen LogP contribution >= 0.6 is 0 Å². The highest BCUT2D eigenvalue weighted by molar-refractivity contribution is 5.07. The number of rotatable bonds is 4. The van der Waals surface area contributed by atoms with Gasteiger partial charge in [0.25, 0.3) is 0 Å². The van der Waals surface area contributed by atoms with Crippen molar-refractivity contribution in [1.82, 2.24) is 9.71 Å². The molecular formula is C12H20N2O3. The molecule has 0 atom stereocenters. The SMILES string of the molecule is CC(C)Cc1ncc(CC(C)(C)O)n(O)c1=O. The van der Waals surface area contributed by atoms with Gasteiger partial charge in [-0.3, -0.25) is 9.78 Å². The third kappa shape index (κ3) is 3.85. The molecule has 0 fully saturated rings. The van der Waals surface area contributed by atoms with Gasteiger partial charge in [0, 0.05) is 6.42 Å². The third-order valence-corrected chi connectivity index (χ3v) is 2.30. The van der Waals surface area contributed by atoms with Crippen LogP contribution in [-0.4, -0.2) is 25.6 Å². The zero-order chi connectivity index (χ0) is 13.2. The molecule has 0 aliphatic carbocycles. The van der Waals surface area contributed by atoms with Crippen LogP contribution in [0.1, 0.15) is 39.1 Å². The maximum absolute atomic E-state index is 11.8. The first-order valence-corrected chi connectivity index (χ1v) is 5.72. The van der Waals surface area contributed by atoms with E-state index in [2.05, 4.69) is 4.98 Å². The molecule has 0 bridgehead atoms. The molecular weight excluding hydrogens is 220 g/mol. The predicted molar refractivity (Wildman–Crippen MR) is 64.2 cm³/mol. The van der Waals surface area contributed by atoms with E-state index in [1.165, 1.54) is 6.20 Å². The highest BCUT2D eigenvalue weighted by atomic mass is 16.5. The normalized spacial score (nSPS) is 12.1. The van der Waals surface area contributed by atoms with E-state index < -0.39 is 11.2 Å². The Balaban J connectivity index is 3.07. The standard InChI is InChI=1S/C12H20N2O3/c1-8(2)5-10-11(15)14(17)9(7-13-10)6-12(3,4)16/h7-8,16-17H,5-6H2,1-4H3. The largest absolute Gasteiger partial charge is 0.425 e. The Kier molecular flexibility index (Phi) is 3.93. The molecule has 96 valence electrons. The lowest BCUT2D eigenvalue weighted by atomic mass is 10.0. The smallest absolute Gasteiger partial charge is 0.304 e. The molecule has 0 unspecified atom stereocenters. The molecule has 0 aliphatic rings. The second-order valence-electron chi connectivity index (χ2n) is 5.40. The Morgan fingerprint density at radius 3 is 2.53 bits per heavy atom. The number of aromatic nitrogens is 2. The molecule has 2 N–H and O–H groups in total. The Morgan fingerprint density at radius 2 is 2.06 bits per heavy atom. The van der Waals surface area contributed by atoms with Crippen molar-refractivity contribution in [3.63, 3.8) is 0 Å². The van der Waals surface area contributed by atoms with Crippen molar-refractivity contribution < 1.29 is 10.3 Å². The van der Waals surface area contributed by atoms with Gasteiger partial charge in [0.05, 0.1) is 17.5 Å². The molecule has 1 rings (SSSR count). The van der Waals surface area contributed by atoms with Crippen molar-refractivity contribution >= 4 is 0 Å². The van der Waals surface area contributed by atoms with Gasteiger partial charge in [-0.1, -0.05) is 13.8 Å². The summed E-state index contributed by atoms with van der Waals surface area (Å²) in [6.07, 6.45) is 2.15. The third-order valence-electron chi connectivity index (χ3n) is 2.30. The van der Waals surface area contributed by atoms with Crippen LogP contribution in [0.5, 0.6) is 0 Å². The van der Waals surface area contributed by atoms with Gasteiger partial charge < -0.3 is 10.3 Å². The lowest BCUT2D eigenvalue weighted by Crippen LogP contribution is -2.31. The molecule has 0 radical (unpaired) electrons. The predicted octanol–water partition coefficient (Wildman–Crippen LogP) is 0.992. The average Bonchev–Trinajstić information content (AvgIpc) is 2.15. The van der Waals surface area contributed by atoms with Gasteiger partial charge in [0.15, 0.2) is 0 Å². The van der Waals surface area contributed by atoms with E-state index in [0.717, 1.165) is 0 Å². The van der Waals surface area contributed by atoms with Gasteiger partial charge in [0.2, 0.25) is 0 Å². The fraction of sp³-hybridized carbons (Fsp3) is 0.667. The molecule has 0 saturated carbocycles. The Bertz CT molecular complexity index is 444. The maximum Gasteiger partial charge on any atom is 0.304 e. The van der Waals surface area contributed by atoms with Crippen molar-refractivity contribution in [3.8, 4) is 0 Å². The molecule has 1 aromatic heterocycles. The molecule has 0 aromatic carbocycles.